The van der Waals surface area contributed by atoms with Crippen LogP contribution in [0.3, 0.4) is 0 Å². The first-order valence-electron chi connectivity index (χ1n) is 3.30. The average molecular weight is 168 g/mol. The van der Waals surface area contributed by atoms with Crippen molar-refractivity contribution in [3.05, 3.63) is 11.6 Å². The fraction of sp³-hybridized carbons (Fsp3) is 0.714. The van der Waals surface area contributed by atoms with E-state index in [4.69, 9.17) is 4.74 Å². The summed E-state index contributed by atoms with van der Waals surface area (Å²) < 4.78 is 40.0. The summed E-state index contributed by atoms with van der Waals surface area (Å²) in [6.07, 6.45) is -3.18. The maximum atomic E-state index is 11.8. The van der Waals surface area contributed by atoms with Crippen LogP contribution < -0.4 is 0 Å². The molecule has 1 nitrogen and oxygen atoms in total. The Morgan fingerprint density at radius 2 is 2.00 bits per heavy atom. The smallest absolute Gasteiger partial charge is 0.378 e. The van der Waals surface area contributed by atoms with Crippen LogP contribution in [0, 0.1) is 0 Å². The van der Waals surface area contributed by atoms with Gasteiger partial charge in [-0.15, -0.1) is 0 Å². The molecule has 0 saturated heterocycles. The van der Waals surface area contributed by atoms with Crippen molar-refractivity contribution >= 4 is 0 Å². The van der Waals surface area contributed by atoms with Crippen molar-refractivity contribution in [2.24, 2.45) is 0 Å². The SMILES string of the molecule is CCOCC=C(C)C(F)(F)F. The second kappa shape index (κ2) is 4.38. The molecule has 0 rings (SSSR count). The van der Waals surface area contributed by atoms with Gasteiger partial charge in [0.2, 0.25) is 0 Å². The summed E-state index contributed by atoms with van der Waals surface area (Å²) in [6, 6.07) is 0. The molecular formula is C7H11F3O. The molecule has 0 heterocycles. The summed E-state index contributed by atoms with van der Waals surface area (Å²) >= 11 is 0. The Morgan fingerprint density at radius 1 is 1.45 bits per heavy atom. The van der Waals surface area contributed by atoms with Crippen LogP contribution in [0.2, 0.25) is 0 Å². The topological polar surface area (TPSA) is 9.23 Å². The Kier molecular flexibility index (Phi) is 4.18. The standard InChI is InChI=1S/C7H11F3O/c1-3-11-5-4-6(2)7(8,9)10/h4H,3,5H2,1-2H3. The minimum absolute atomic E-state index is 0.0296. The van der Waals surface area contributed by atoms with Gasteiger partial charge in [0, 0.05) is 12.2 Å². The Morgan fingerprint density at radius 3 is 2.36 bits per heavy atom. The van der Waals surface area contributed by atoms with Gasteiger partial charge < -0.3 is 4.74 Å². The summed E-state index contributed by atoms with van der Waals surface area (Å²) in [7, 11) is 0. The molecule has 0 spiro atoms. The van der Waals surface area contributed by atoms with E-state index in [0.29, 0.717) is 6.61 Å². The lowest BCUT2D eigenvalue weighted by Crippen LogP contribution is -2.09. The zero-order valence-electron chi connectivity index (χ0n) is 6.53. The van der Waals surface area contributed by atoms with Crippen molar-refractivity contribution < 1.29 is 17.9 Å². The van der Waals surface area contributed by atoms with E-state index in [0.717, 1.165) is 13.0 Å². The predicted molar refractivity (Wildman–Crippen MR) is 36.3 cm³/mol. The van der Waals surface area contributed by atoms with Gasteiger partial charge in [0.15, 0.2) is 0 Å². The second-order valence-corrected chi connectivity index (χ2v) is 2.04. The third-order valence-corrected chi connectivity index (χ3v) is 1.16. The Labute approximate surface area is 63.8 Å². The van der Waals surface area contributed by atoms with Gasteiger partial charge in [-0.2, -0.15) is 13.2 Å². The molecule has 4 heteroatoms. The highest BCUT2D eigenvalue weighted by Gasteiger charge is 2.29. The zero-order chi connectivity index (χ0) is 8.91. The molecule has 0 saturated carbocycles. The van der Waals surface area contributed by atoms with E-state index in [9.17, 15) is 13.2 Å². The average Bonchev–Trinajstić information content (AvgIpc) is 1.86. The van der Waals surface area contributed by atoms with Crippen LogP contribution in [-0.4, -0.2) is 19.4 Å². The minimum Gasteiger partial charge on any atom is -0.378 e. The molecule has 0 N–H and O–H groups in total. The van der Waals surface area contributed by atoms with Gasteiger partial charge in [0.1, 0.15) is 0 Å². The molecule has 0 atom stereocenters. The lowest BCUT2D eigenvalue weighted by atomic mass is 10.3. The van der Waals surface area contributed by atoms with Crippen molar-refractivity contribution in [3.63, 3.8) is 0 Å². The number of hydrogen-bond donors (Lipinski definition) is 0. The van der Waals surface area contributed by atoms with Gasteiger partial charge in [-0.1, -0.05) is 6.08 Å². The van der Waals surface area contributed by atoms with Crippen molar-refractivity contribution in [2.75, 3.05) is 13.2 Å². The first kappa shape index (κ1) is 10.5. The third-order valence-electron chi connectivity index (χ3n) is 1.16. The normalized spacial score (nSPS) is 13.7. The van der Waals surface area contributed by atoms with Crippen LogP contribution in [0.25, 0.3) is 0 Å². The second-order valence-electron chi connectivity index (χ2n) is 2.04. The van der Waals surface area contributed by atoms with E-state index >= 15 is 0 Å². The summed E-state index contributed by atoms with van der Waals surface area (Å²) in [5.74, 6) is 0. The Bertz CT molecular complexity index is 137. The van der Waals surface area contributed by atoms with Gasteiger partial charge in [0.25, 0.3) is 0 Å². The van der Waals surface area contributed by atoms with E-state index in [1.165, 1.54) is 0 Å². The van der Waals surface area contributed by atoms with Crippen LogP contribution in [0.4, 0.5) is 13.2 Å². The van der Waals surface area contributed by atoms with Crippen LogP contribution in [0.15, 0.2) is 11.6 Å². The van der Waals surface area contributed by atoms with Gasteiger partial charge in [-0.05, 0) is 13.8 Å². The van der Waals surface area contributed by atoms with Crippen LogP contribution in [-0.2, 0) is 4.74 Å². The molecule has 0 aromatic carbocycles. The summed E-state index contributed by atoms with van der Waals surface area (Å²) in [4.78, 5) is 0. The number of rotatable bonds is 3. The predicted octanol–water partition coefficient (Wildman–Crippen LogP) is 2.53. The molecule has 0 aromatic heterocycles. The van der Waals surface area contributed by atoms with Gasteiger partial charge >= 0.3 is 6.18 Å². The van der Waals surface area contributed by atoms with E-state index in [2.05, 4.69) is 0 Å². The maximum Gasteiger partial charge on any atom is 0.412 e. The van der Waals surface area contributed by atoms with E-state index in [-0.39, 0.29) is 6.61 Å². The van der Waals surface area contributed by atoms with Crippen molar-refractivity contribution in [3.8, 4) is 0 Å². The Balaban J connectivity index is 3.81. The number of hydrogen-bond acceptors (Lipinski definition) is 1. The highest BCUT2D eigenvalue weighted by Crippen LogP contribution is 2.24. The third kappa shape index (κ3) is 4.84. The molecule has 0 aliphatic carbocycles. The first-order chi connectivity index (χ1) is 4.98. The fourth-order valence-electron chi connectivity index (χ4n) is 0.418. The molecule has 0 aliphatic heterocycles. The lowest BCUT2D eigenvalue weighted by molar-refractivity contribution is -0.0919. The Hall–Kier alpha value is -0.510. The van der Waals surface area contributed by atoms with E-state index < -0.39 is 11.7 Å². The molecule has 11 heavy (non-hydrogen) atoms. The molecule has 0 bridgehead atoms. The quantitative estimate of drug-likeness (QED) is 0.464. The van der Waals surface area contributed by atoms with Crippen molar-refractivity contribution in [1.82, 2.24) is 0 Å². The molecule has 0 fully saturated rings. The molecule has 0 amide bonds. The monoisotopic (exact) mass is 168 g/mol. The molecule has 0 aromatic rings. The molecule has 0 unspecified atom stereocenters. The number of allylic oxidation sites excluding steroid dienone is 1. The van der Waals surface area contributed by atoms with Gasteiger partial charge in [-0.3, -0.25) is 0 Å². The van der Waals surface area contributed by atoms with Gasteiger partial charge in [0.05, 0.1) is 6.61 Å². The van der Waals surface area contributed by atoms with Crippen LogP contribution >= 0.6 is 0 Å². The van der Waals surface area contributed by atoms with Crippen molar-refractivity contribution in [2.45, 2.75) is 20.0 Å². The number of alkyl halides is 3. The largest absolute Gasteiger partial charge is 0.412 e. The van der Waals surface area contributed by atoms with Crippen LogP contribution in [0.1, 0.15) is 13.8 Å². The summed E-state index contributed by atoms with van der Waals surface area (Å²) in [6.45, 7) is 3.22. The highest BCUT2D eigenvalue weighted by atomic mass is 19.4. The maximum absolute atomic E-state index is 11.8. The molecular weight excluding hydrogens is 157 g/mol. The van der Waals surface area contributed by atoms with Crippen molar-refractivity contribution in [1.29, 1.82) is 0 Å². The highest BCUT2D eigenvalue weighted by molar-refractivity contribution is 5.04. The number of ether oxygens (including phenoxy) is 1. The number of halogens is 3. The summed E-state index contributed by atoms with van der Waals surface area (Å²) in [5, 5.41) is 0. The van der Waals surface area contributed by atoms with E-state index in [1.54, 1.807) is 6.92 Å². The first-order valence-corrected chi connectivity index (χ1v) is 3.30. The molecule has 0 radical (unpaired) electrons. The van der Waals surface area contributed by atoms with Gasteiger partial charge in [-0.25, -0.2) is 0 Å². The van der Waals surface area contributed by atoms with Crippen LogP contribution in [0.5, 0.6) is 0 Å². The summed E-state index contributed by atoms with van der Waals surface area (Å²) in [5.41, 5.74) is -0.606. The lowest BCUT2D eigenvalue weighted by Gasteiger charge is -2.05. The minimum atomic E-state index is -4.21. The zero-order valence-corrected chi connectivity index (χ0v) is 6.53. The fourth-order valence-corrected chi connectivity index (χ4v) is 0.418. The molecule has 66 valence electrons. The van der Waals surface area contributed by atoms with E-state index in [1.807, 2.05) is 0 Å². The molecule has 0 aliphatic rings.